The van der Waals surface area contributed by atoms with Crippen LogP contribution in [-0.4, -0.2) is 15.6 Å². The molecule has 0 fully saturated rings. The zero-order chi connectivity index (χ0) is 15.4. The van der Waals surface area contributed by atoms with Crippen molar-refractivity contribution in [3.63, 3.8) is 0 Å². The van der Waals surface area contributed by atoms with Gasteiger partial charge >= 0.3 is 0 Å². The fourth-order valence-electron chi connectivity index (χ4n) is 1.88. The highest BCUT2D eigenvalue weighted by Crippen LogP contribution is 2.22. The molecule has 1 aromatic heterocycles. The van der Waals surface area contributed by atoms with Gasteiger partial charge in [0, 0.05) is 22.7 Å². The number of benzene rings is 1. The third-order valence-electron chi connectivity index (χ3n) is 2.99. The van der Waals surface area contributed by atoms with Crippen LogP contribution in [0, 0.1) is 22.7 Å². The molecule has 5 nitrogen and oxygen atoms in total. The maximum Gasteiger partial charge on any atom is 0.177 e. The molecule has 106 valence electrons. The van der Waals surface area contributed by atoms with E-state index in [-0.39, 0.29) is 11.4 Å². The van der Waals surface area contributed by atoms with Gasteiger partial charge in [0.2, 0.25) is 0 Å². The second-order valence-electron chi connectivity index (χ2n) is 4.85. The fraction of sp³-hybridized carbons (Fsp3) is 0.267. The van der Waals surface area contributed by atoms with Crippen LogP contribution in [0.15, 0.2) is 29.0 Å². The van der Waals surface area contributed by atoms with E-state index in [9.17, 15) is 0 Å². The van der Waals surface area contributed by atoms with Crippen LogP contribution in [-0.2, 0) is 6.54 Å². The Kier molecular flexibility index (Phi) is 4.74. The third kappa shape index (κ3) is 3.30. The van der Waals surface area contributed by atoms with Crippen molar-refractivity contribution in [2.75, 3.05) is 0 Å². The van der Waals surface area contributed by atoms with E-state index < -0.39 is 0 Å². The van der Waals surface area contributed by atoms with Crippen molar-refractivity contribution < 1.29 is 0 Å². The van der Waals surface area contributed by atoms with Gasteiger partial charge in [-0.1, -0.05) is 35.8 Å². The van der Waals surface area contributed by atoms with Crippen LogP contribution < -0.4 is 5.32 Å². The molecule has 0 aliphatic heterocycles. The normalized spacial score (nSPS) is 10.4. The first kappa shape index (κ1) is 15.2. The van der Waals surface area contributed by atoms with Crippen LogP contribution >= 0.6 is 15.9 Å². The molecule has 2 rings (SSSR count). The van der Waals surface area contributed by atoms with Gasteiger partial charge in [-0.25, -0.2) is 4.98 Å². The average molecular weight is 344 g/mol. The van der Waals surface area contributed by atoms with E-state index in [4.69, 9.17) is 10.5 Å². The molecule has 0 amide bonds. The summed E-state index contributed by atoms with van der Waals surface area (Å²) >= 11 is 3.54. The maximum atomic E-state index is 9.17. The lowest BCUT2D eigenvalue weighted by atomic mass is 10.2. The van der Waals surface area contributed by atoms with E-state index >= 15 is 0 Å². The quantitative estimate of drug-likeness (QED) is 0.925. The maximum absolute atomic E-state index is 9.17. The molecule has 0 unspecified atom stereocenters. The Morgan fingerprint density at radius 3 is 2.67 bits per heavy atom. The minimum atomic E-state index is 0.138. The van der Waals surface area contributed by atoms with Gasteiger partial charge in [-0.3, -0.25) is 4.57 Å². The molecule has 1 heterocycles. The summed E-state index contributed by atoms with van der Waals surface area (Å²) in [6, 6.07) is 10.2. The average Bonchev–Trinajstić information content (AvgIpc) is 2.88. The number of hydrogen-bond acceptors (Lipinski definition) is 4. The highest BCUT2D eigenvalue weighted by molar-refractivity contribution is 9.10. The molecule has 0 radical (unpaired) electrons. The number of hydrogen-bond donors (Lipinski definition) is 1. The van der Waals surface area contributed by atoms with Crippen LogP contribution in [0.4, 0.5) is 0 Å². The predicted octanol–water partition coefficient (Wildman–Crippen LogP) is 2.88. The highest BCUT2D eigenvalue weighted by atomic mass is 79.9. The van der Waals surface area contributed by atoms with E-state index in [1.807, 2.05) is 30.3 Å². The van der Waals surface area contributed by atoms with Gasteiger partial charge in [0.25, 0.3) is 0 Å². The molecule has 6 heteroatoms. The molecule has 0 saturated heterocycles. The molecule has 0 bridgehead atoms. The van der Waals surface area contributed by atoms with E-state index in [2.05, 4.69) is 40.1 Å². The Labute approximate surface area is 132 Å². The lowest BCUT2D eigenvalue weighted by Gasteiger charge is -2.11. The largest absolute Gasteiger partial charge is 0.310 e. The topological polar surface area (TPSA) is 77.4 Å². The van der Waals surface area contributed by atoms with E-state index in [0.29, 0.717) is 6.04 Å². The van der Waals surface area contributed by atoms with Crippen LogP contribution in [0.3, 0.4) is 0 Å². The Morgan fingerprint density at radius 2 is 2.10 bits per heavy atom. The first-order chi connectivity index (χ1) is 10.1. The first-order valence-electron chi connectivity index (χ1n) is 6.46. The van der Waals surface area contributed by atoms with Crippen LogP contribution in [0.2, 0.25) is 0 Å². The monoisotopic (exact) mass is 343 g/mol. The molecular weight excluding hydrogens is 330 g/mol. The van der Waals surface area contributed by atoms with Gasteiger partial charge in [-0.05, 0) is 17.7 Å². The zero-order valence-electron chi connectivity index (χ0n) is 11.8. The fourth-order valence-corrected chi connectivity index (χ4v) is 2.38. The summed E-state index contributed by atoms with van der Waals surface area (Å²) in [7, 11) is 0. The minimum Gasteiger partial charge on any atom is -0.310 e. The number of halogens is 1. The summed E-state index contributed by atoms with van der Waals surface area (Å²) in [6.07, 6.45) is 1.49. The molecule has 1 N–H and O–H groups in total. The Hall–Kier alpha value is -2.15. The summed E-state index contributed by atoms with van der Waals surface area (Å²) < 4.78 is 2.56. The van der Waals surface area contributed by atoms with Crippen molar-refractivity contribution in [1.29, 1.82) is 10.5 Å². The van der Waals surface area contributed by atoms with Crippen LogP contribution in [0.5, 0.6) is 0 Å². The third-order valence-corrected chi connectivity index (χ3v) is 3.73. The summed E-state index contributed by atoms with van der Waals surface area (Å²) in [5.41, 5.74) is 2.31. The Bertz CT molecular complexity index is 733. The molecule has 1 aromatic carbocycles. The number of nitrogens with one attached hydrogen (secondary N) is 1. The summed E-state index contributed by atoms with van der Waals surface area (Å²) in [4.78, 5) is 3.95. The molecule has 2 aromatic rings. The standard InChI is InChI=1S/C15H14BrN5/c1-10(2)19-8-11-3-4-12(5-13(11)16)21-9-20-14(6-17)15(21)7-18/h3-5,9-10,19H,8H2,1-2H3. The Balaban J connectivity index is 2.35. The van der Waals surface area contributed by atoms with Crippen molar-refractivity contribution in [2.45, 2.75) is 26.4 Å². The van der Waals surface area contributed by atoms with Crippen molar-refractivity contribution in [3.8, 4) is 17.8 Å². The minimum absolute atomic E-state index is 0.138. The van der Waals surface area contributed by atoms with E-state index in [1.165, 1.54) is 6.33 Å². The van der Waals surface area contributed by atoms with Gasteiger partial charge in [0.15, 0.2) is 11.4 Å². The summed E-state index contributed by atoms with van der Waals surface area (Å²) in [5.74, 6) is 0. The SMILES string of the molecule is CC(C)NCc1ccc(-n2cnc(C#N)c2C#N)cc1Br. The number of aromatic nitrogens is 2. The molecule has 0 spiro atoms. The van der Waals surface area contributed by atoms with Crippen molar-refractivity contribution in [1.82, 2.24) is 14.9 Å². The number of rotatable bonds is 4. The number of nitriles is 2. The van der Waals surface area contributed by atoms with Gasteiger partial charge < -0.3 is 5.32 Å². The molecule has 0 aliphatic carbocycles. The molecular formula is C15H14BrN5. The van der Waals surface area contributed by atoms with Gasteiger partial charge in [-0.15, -0.1) is 0 Å². The molecule has 21 heavy (non-hydrogen) atoms. The smallest absolute Gasteiger partial charge is 0.177 e. The Morgan fingerprint density at radius 1 is 1.33 bits per heavy atom. The molecule has 0 atom stereocenters. The van der Waals surface area contributed by atoms with Crippen molar-refractivity contribution >= 4 is 15.9 Å². The predicted molar refractivity (Wildman–Crippen MR) is 82.7 cm³/mol. The second kappa shape index (κ2) is 6.53. The van der Waals surface area contributed by atoms with Crippen molar-refractivity contribution in [3.05, 3.63) is 46.0 Å². The first-order valence-corrected chi connectivity index (χ1v) is 7.25. The summed E-state index contributed by atoms with van der Waals surface area (Å²) in [5, 5.41) is 21.5. The van der Waals surface area contributed by atoms with Crippen LogP contribution in [0.25, 0.3) is 5.69 Å². The number of imidazole rings is 1. The second-order valence-corrected chi connectivity index (χ2v) is 5.70. The molecule has 0 aliphatic rings. The molecule has 0 saturated carbocycles. The van der Waals surface area contributed by atoms with Gasteiger partial charge in [0.05, 0.1) is 0 Å². The van der Waals surface area contributed by atoms with Crippen LogP contribution in [0.1, 0.15) is 30.8 Å². The lowest BCUT2D eigenvalue weighted by molar-refractivity contribution is 0.588. The summed E-state index contributed by atoms with van der Waals surface area (Å²) in [6.45, 7) is 4.95. The van der Waals surface area contributed by atoms with E-state index in [1.54, 1.807) is 4.57 Å². The van der Waals surface area contributed by atoms with E-state index in [0.717, 1.165) is 22.3 Å². The highest BCUT2D eigenvalue weighted by Gasteiger charge is 2.12. The zero-order valence-corrected chi connectivity index (χ0v) is 13.3. The van der Waals surface area contributed by atoms with Gasteiger partial charge in [0.1, 0.15) is 18.5 Å². The van der Waals surface area contributed by atoms with Gasteiger partial charge in [-0.2, -0.15) is 10.5 Å². The van der Waals surface area contributed by atoms with Crippen molar-refractivity contribution in [2.24, 2.45) is 0 Å². The number of nitrogens with zero attached hydrogens (tertiary/aromatic N) is 4. The lowest BCUT2D eigenvalue weighted by Crippen LogP contribution is -2.22.